The second-order valence-corrected chi connectivity index (χ2v) is 4.29. The van der Waals surface area contributed by atoms with Gasteiger partial charge in [-0.1, -0.05) is 6.07 Å². The van der Waals surface area contributed by atoms with E-state index in [-0.39, 0.29) is 5.91 Å². The largest absolute Gasteiger partial charge is 0.368 e. The van der Waals surface area contributed by atoms with E-state index in [0.29, 0.717) is 30.9 Å². The SMILES string of the molecule is N#Cc1cccnc1NCCC(=O)NCc1ccccn1. The first kappa shape index (κ1) is 14.5. The first-order valence-electron chi connectivity index (χ1n) is 6.55. The number of nitriles is 1. The Labute approximate surface area is 122 Å². The molecule has 2 N–H and O–H groups in total. The molecule has 21 heavy (non-hydrogen) atoms. The standard InChI is InChI=1S/C15H15N5O/c16-10-12-4-3-8-18-15(12)19-9-6-14(21)20-11-13-5-1-2-7-17-13/h1-5,7-8H,6,9,11H2,(H,18,19)(H,20,21). The minimum absolute atomic E-state index is 0.0809. The number of nitrogens with zero attached hydrogens (tertiary/aromatic N) is 3. The molecule has 2 aromatic rings. The maximum absolute atomic E-state index is 11.7. The average molecular weight is 281 g/mol. The molecule has 0 radical (unpaired) electrons. The molecule has 0 unspecified atom stereocenters. The lowest BCUT2D eigenvalue weighted by Crippen LogP contribution is -2.25. The Morgan fingerprint density at radius 3 is 2.81 bits per heavy atom. The molecule has 6 heteroatoms. The maximum Gasteiger partial charge on any atom is 0.222 e. The van der Waals surface area contributed by atoms with Crippen molar-refractivity contribution < 1.29 is 4.79 Å². The molecule has 2 aromatic heterocycles. The molecule has 0 fully saturated rings. The van der Waals surface area contributed by atoms with Crippen molar-refractivity contribution in [2.45, 2.75) is 13.0 Å². The van der Waals surface area contributed by atoms with Crippen LogP contribution in [0.25, 0.3) is 0 Å². The fourth-order valence-electron chi connectivity index (χ4n) is 1.71. The fraction of sp³-hybridized carbons (Fsp3) is 0.200. The van der Waals surface area contributed by atoms with E-state index in [1.807, 2.05) is 24.3 Å². The molecule has 1 amide bonds. The number of aromatic nitrogens is 2. The van der Waals surface area contributed by atoms with Crippen LogP contribution in [0.2, 0.25) is 0 Å². The Hall–Kier alpha value is -2.94. The molecule has 0 aliphatic carbocycles. The van der Waals surface area contributed by atoms with Crippen molar-refractivity contribution in [1.82, 2.24) is 15.3 Å². The van der Waals surface area contributed by atoms with Crippen molar-refractivity contribution >= 4 is 11.7 Å². The van der Waals surface area contributed by atoms with Crippen LogP contribution in [0, 0.1) is 11.3 Å². The van der Waals surface area contributed by atoms with Gasteiger partial charge in [-0.2, -0.15) is 5.26 Å². The van der Waals surface area contributed by atoms with Gasteiger partial charge in [0.15, 0.2) is 0 Å². The number of carbonyl (C=O) groups is 1. The van der Waals surface area contributed by atoms with Crippen molar-refractivity contribution in [3.8, 4) is 6.07 Å². The Morgan fingerprint density at radius 2 is 2.05 bits per heavy atom. The van der Waals surface area contributed by atoms with Crippen molar-refractivity contribution in [1.29, 1.82) is 5.26 Å². The number of nitrogens with one attached hydrogen (secondary N) is 2. The van der Waals surface area contributed by atoms with Crippen LogP contribution >= 0.6 is 0 Å². The lowest BCUT2D eigenvalue weighted by Gasteiger charge is -2.07. The zero-order valence-corrected chi connectivity index (χ0v) is 11.4. The number of pyridine rings is 2. The molecule has 2 heterocycles. The molecule has 0 aliphatic rings. The normalized spacial score (nSPS) is 9.67. The van der Waals surface area contributed by atoms with Gasteiger partial charge in [0.25, 0.3) is 0 Å². The van der Waals surface area contributed by atoms with Crippen LogP contribution < -0.4 is 10.6 Å². The minimum Gasteiger partial charge on any atom is -0.368 e. The van der Waals surface area contributed by atoms with Gasteiger partial charge in [0, 0.05) is 25.4 Å². The van der Waals surface area contributed by atoms with Gasteiger partial charge in [-0.15, -0.1) is 0 Å². The van der Waals surface area contributed by atoms with E-state index in [1.165, 1.54) is 0 Å². The van der Waals surface area contributed by atoms with Crippen LogP contribution in [0.15, 0.2) is 42.7 Å². The van der Waals surface area contributed by atoms with Crippen LogP contribution in [0.4, 0.5) is 5.82 Å². The van der Waals surface area contributed by atoms with Gasteiger partial charge in [-0.3, -0.25) is 9.78 Å². The van der Waals surface area contributed by atoms with E-state index in [1.54, 1.807) is 24.5 Å². The van der Waals surface area contributed by atoms with Gasteiger partial charge >= 0.3 is 0 Å². The highest BCUT2D eigenvalue weighted by molar-refractivity contribution is 5.76. The number of anilines is 1. The third-order valence-corrected chi connectivity index (χ3v) is 2.77. The molecule has 2 rings (SSSR count). The monoisotopic (exact) mass is 281 g/mol. The van der Waals surface area contributed by atoms with Crippen LogP contribution in [0.5, 0.6) is 0 Å². The summed E-state index contributed by atoms with van der Waals surface area (Å²) in [5.74, 6) is 0.417. The molecule has 0 spiro atoms. The predicted molar refractivity (Wildman–Crippen MR) is 78.1 cm³/mol. The van der Waals surface area contributed by atoms with Gasteiger partial charge in [0.2, 0.25) is 5.91 Å². The minimum atomic E-state index is -0.0809. The van der Waals surface area contributed by atoms with E-state index in [4.69, 9.17) is 5.26 Å². The smallest absolute Gasteiger partial charge is 0.222 e. The summed E-state index contributed by atoms with van der Waals surface area (Å²) < 4.78 is 0. The van der Waals surface area contributed by atoms with Crippen LogP contribution in [-0.4, -0.2) is 22.4 Å². The quantitative estimate of drug-likeness (QED) is 0.836. The Morgan fingerprint density at radius 1 is 1.19 bits per heavy atom. The van der Waals surface area contributed by atoms with Crippen LogP contribution in [-0.2, 0) is 11.3 Å². The number of hydrogen-bond donors (Lipinski definition) is 2. The van der Waals surface area contributed by atoms with Crippen LogP contribution in [0.1, 0.15) is 17.7 Å². The zero-order valence-electron chi connectivity index (χ0n) is 11.4. The zero-order chi connectivity index (χ0) is 14.9. The molecule has 106 valence electrons. The van der Waals surface area contributed by atoms with Gasteiger partial charge in [0.1, 0.15) is 11.9 Å². The first-order valence-corrected chi connectivity index (χ1v) is 6.55. The van der Waals surface area contributed by atoms with Crippen molar-refractivity contribution in [2.24, 2.45) is 0 Å². The topological polar surface area (TPSA) is 90.7 Å². The average Bonchev–Trinajstić information content (AvgIpc) is 2.54. The molecule has 6 nitrogen and oxygen atoms in total. The molecule has 0 aromatic carbocycles. The molecule has 0 aliphatic heterocycles. The van der Waals surface area contributed by atoms with E-state index in [0.717, 1.165) is 5.69 Å². The lowest BCUT2D eigenvalue weighted by atomic mass is 10.2. The molecule has 0 bridgehead atoms. The van der Waals surface area contributed by atoms with Gasteiger partial charge in [-0.05, 0) is 24.3 Å². The van der Waals surface area contributed by atoms with Crippen molar-refractivity contribution in [2.75, 3.05) is 11.9 Å². The second-order valence-electron chi connectivity index (χ2n) is 4.29. The van der Waals surface area contributed by atoms with Crippen LogP contribution in [0.3, 0.4) is 0 Å². The number of hydrogen-bond acceptors (Lipinski definition) is 5. The summed E-state index contributed by atoms with van der Waals surface area (Å²) in [6.45, 7) is 0.826. The summed E-state index contributed by atoms with van der Waals surface area (Å²) in [5, 5.41) is 14.7. The Kier molecular flexibility index (Phi) is 5.24. The van der Waals surface area contributed by atoms with Crippen molar-refractivity contribution in [3.63, 3.8) is 0 Å². The molecular weight excluding hydrogens is 266 g/mol. The molecular formula is C15H15N5O. The first-order chi connectivity index (χ1) is 10.3. The Balaban J connectivity index is 1.73. The van der Waals surface area contributed by atoms with Crippen molar-refractivity contribution in [3.05, 3.63) is 54.0 Å². The highest BCUT2D eigenvalue weighted by Gasteiger charge is 2.04. The molecule has 0 atom stereocenters. The third-order valence-electron chi connectivity index (χ3n) is 2.77. The second kappa shape index (κ2) is 7.60. The van der Waals surface area contributed by atoms with Gasteiger partial charge in [-0.25, -0.2) is 4.98 Å². The van der Waals surface area contributed by atoms with E-state index in [2.05, 4.69) is 20.6 Å². The van der Waals surface area contributed by atoms with E-state index in [9.17, 15) is 4.79 Å². The van der Waals surface area contributed by atoms with E-state index < -0.39 is 0 Å². The molecule has 0 saturated carbocycles. The lowest BCUT2D eigenvalue weighted by molar-refractivity contribution is -0.121. The van der Waals surface area contributed by atoms with Gasteiger partial charge in [0.05, 0.1) is 17.8 Å². The fourth-order valence-corrected chi connectivity index (χ4v) is 1.71. The van der Waals surface area contributed by atoms with E-state index >= 15 is 0 Å². The summed E-state index contributed by atoms with van der Waals surface area (Å²) in [4.78, 5) is 19.9. The number of rotatable bonds is 6. The third kappa shape index (κ3) is 4.58. The summed E-state index contributed by atoms with van der Waals surface area (Å²) in [7, 11) is 0. The van der Waals surface area contributed by atoms with Gasteiger partial charge < -0.3 is 10.6 Å². The molecule has 0 saturated heterocycles. The highest BCUT2D eigenvalue weighted by atomic mass is 16.1. The summed E-state index contributed by atoms with van der Waals surface area (Å²) in [6.07, 6.45) is 3.59. The maximum atomic E-state index is 11.7. The highest BCUT2D eigenvalue weighted by Crippen LogP contribution is 2.09. The summed E-state index contributed by atoms with van der Waals surface area (Å²) in [6, 6.07) is 11.0. The number of amides is 1. The Bertz CT molecular complexity index is 636. The summed E-state index contributed by atoms with van der Waals surface area (Å²) >= 11 is 0. The predicted octanol–water partition coefficient (Wildman–Crippen LogP) is 1.47. The number of carbonyl (C=O) groups excluding carboxylic acids is 1. The summed E-state index contributed by atoms with van der Waals surface area (Å²) in [5.41, 5.74) is 1.28.